The minimum Gasteiger partial charge on any atom is -0.423 e. The molecule has 7 nitrogen and oxygen atoms in total. The molecule has 8 heteroatoms. The molecule has 0 aliphatic rings. The lowest BCUT2D eigenvalue weighted by Gasteiger charge is -2.11. The van der Waals surface area contributed by atoms with Crippen LogP contribution in [0.4, 0.5) is 0 Å². The average Bonchev–Trinajstić information content (AvgIpc) is 3.63. The van der Waals surface area contributed by atoms with Crippen molar-refractivity contribution in [2.24, 2.45) is 0 Å². The van der Waals surface area contributed by atoms with Gasteiger partial charge in [-0.25, -0.2) is 4.98 Å². The van der Waals surface area contributed by atoms with Crippen LogP contribution in [0.5, 0.6) is 0 Å². The van der Waals surface area contributed by atoms with E-state index in [0.717, 1.165) is 60.4 Å². The van der Waals surface area contributed by atoms with E-state index in [9.17, 15) is 10.0 Å². The highest BCUT2D eigenvalue weighted by molar-refractivity contribution is 6.59. The lowest BCUT2D eigenvalue weighted by molar-refractivity contribution is 0.426. The maximum absolute atomic E-state index is 10.2. The van der Waals surface area contributed by atoms with Crippen molar-refractivity contribution in [3.8, 4) is 34.4 Å². The van der Waals surface area contributed by atoms with Gasteiger partial charge in [0.05, 0.1) is 22.1 Å². The third kappa shape index (κ3) is 4.42. The summed E-state index contributed by atoms with van der Waals surface area (Å²) >= 11 is 0. The molecular weight excluding hydrogens is 581 g/mol. The van der Waals surface area contributed by atoms with Gasteiger partial charge < -0.3 is 14.6 Å². The molecule has 2 N–H and O–H groups in total. The summed E-state index contributed by atoms with van der Waals surface area (Å²) in [7, 11) is -1.63. The Morgan fingerprint density at radius 3 is 1.55 bits per heavy atom. The largest absolute Gasteiger partial charge is 0.488 e. The van der Waals surface area contributed by atoms with E-state index in [4.69, 9.17) is 15.0 Å². The van der Waals surface area contributed by atoms with E-state index in [1.807, 2.05) is 83.4 Å². The van der Waals surface area contributed by atoms with Crippen LogP contribution in [0, 0.1) is 0 Å². The van der Waals surface area contributed by atoms with Gasteiger partial charge in [-0.2, -0.15) is 9.97 Å². The average molecular weight is 607 g/mol. The van der Waals surface area contributed by atoms with Crippen LogP contribution in [0.3, 0.4) is 0 Å². The summed E-state index contributed by atoms with van der Waals surface area (Å²) in [5.74, 6) is 1.53. The Labute approximate surface area is 269 Å². The number of benzene rings is 6. The molecule has 0 fully saturated rings. The van der Waals surface area contributed by atoms with E-state index in [1.54, 1.807) is 6.07 Å². The second kappa shape index (κ2) is 10.8. The minimum absolute atomic E-state index is 0.381. The predicted octanol–water partition coefficient (Wildman–Crippen LogP) is 7.08. The summed E-state index contributed by atoms with van der Waals surface area (Å²) in [4.78, 5) is 15.0. The Kier molecular flexibility index (Phi) is 6.24. The third-order valence-electron chi connectivity index (χ3n) is 8.78. The molecule has 3 aromatic heterocycles. The fourth-order valence-electron chi connectivity index (χ4n) is 6.62. The molecular formula is C39H26BN5O2. The molecule has 0 saturated heterocycles. The number of rotatable bonds is 5. The van der Waals surface area contributed by atoms with E-state index in [-0.39, 0.29) is 0 Å². The number of hydrogen-bond acceptors (Lipinski definition) is 5. The molecule has 0 spiro atoms. The van der Waals surface area contributed by atoms with Crippen LogP contribution in [0.15, 0.2) is 146 Å². The smallest absolute Gasteiger partial charge is 0.423 e. The maximum Gasteiger partial charge on any atom is 0.488 e. The Hall–Kier alpha value is -6.09. The molecule has 0 amide bonds. The van der Waals surface area contributed by atoms with Crippen molar-refractivity contribution >= 4 is 56.2 Å². The fourth-order valence-corrected chi connectivity index (χ4v) is 6.62. The van der Waals surface area contributed by atoms with E-state index >= 15 is 0 Å². The predicted molar refractivity (Wildman–Crippen MR) is 189 cm³/mol. The summed E-state index contributed by atoms with van der Waals surface area (Å²) < 4.78 is 4.31. The molecule has 0 aliphatic heterocycles. The maximum atomic E-state index is 10.2. The van der Waals surface area contributed by atoms with Gasteiger partial charge in [-0.15, -0.1) is 0 Å². The van der Waals surface area contributed by atoms with Crippen molar-refractivity contribution in [1.82, 2.24) is 24.1 Å². The van der Waals surface area contributed by atoms with Crippen molar-refractivity contribution in [2.45, 2.75) is 0 Å². The fraction of sp³-hybridized carbons (Fsp3) is 0. The van der Waals surface area contributed by atoms with Crippen molar-refractivity contribution in [3.63, 3.8) is 0 Å². The standard InChI is InChI=1S/C39H26BN5O2/c46-40(47)27-20-21-30-32-23-35-31(29-18-10-11-19-33(29)44(35)28-16-8-3-9-17-28)24-36(32)45(34(30)22-27)39-42-37(25-12-4-1-5-13-25)41-38(43-39)26-14-6-2-7-15-26/h1-24,46-47H. The van der Waals surface area contributed by atoms with Crippen molar-refractivity contribution in [1.29, 1.82) is 0 Å². The van der Waals surface area contributed by atoms with Gasteiger partial charge in [0.25, 0.3) is 0 Å². The van der Waals surface area contributed by atoms with E-state index in [0.29, 0.717) is 23.1 Å². The van der Waals surface area contributed by atoms with Crippen LogP contribution < -0.4 is 5.46 Å². The van der Waals surface area contributed by atoms with Gasteiger partial charge >= 0.3 is 7.12 Å². The first-order valence-corrected chi connectivity index (χ1v) is 15.4. The molecule has 0 radical (unpaired) electrons. The molecule has 0 unspecified atom stereocenters. The number of hydrogen-bond donors (Lipinski definition) is 2. The van der Waals surface area contributed by atoms with Gasteiger partial charge in [0.1, 0.15) is 0 Å². The van der Waals surface area contributed by atoms with Crippen molar-refractivity contribution in [2.75, 3.05) is 0 Å². The second-order valence-corrected chi connectivity index (χ2v) is 11.6. The molecule has 0 atom stereocenters. The first-order valence-electron chi connectivity index (χ1n) is 15.4. The number of nitrogens with zero attached hydrogens (tertiary/aromatic N) is 5. The van der Waals surface area contributed by atoms with Crippen molar-refractivity contribution in [3.05, 3.63) is 146 Å². The van der Waals surface area contributed by atoms with Crippen LogP contribution in [0.25, 0.3) is 78.0 Å². The van der Waals surface area contributed by atoms with Crippen molar-refractivity contribution < 1.29 is 10.0 Å². The highest BCUT2D eigenvalue weighted by Crippen LogP contribution is 2.39. The van der Waals surface area contributed by atoms with E-state index < -0.39 is 7.12 Å². The van der Waals surface area contributed by atoms with Crippen LogP contribution in [0.2, 0.25) is 0 Å². The first kappa shape index (κ1) is 27.2. The highest BCUT2D eigenvalue weighted by Gasteiger charge is 2.22. The van der Waals surface area contributed by atoms with Gasteiger partial charge in [0.2, 0.25) is 5.95 Å². The summed E-state index contributed by atoms with van der Waals surface area (Å²) in [6.45, 7) is 0. The number of fused-ring (bicyclic) bond motifs is 6. The van der Waals surface area contributed by atoms with E-state index in [2.05, 4.69) is 65.2 Å². The first-order chi connectivity index (χ1) is 23.1. The Bertz CT molecular complexity index is 2540. The normalized spacial score (nSPS) is 11.6. The molecule has 47 heavy (non-hydrogen) atoms. The molecule has 6 aromatic carbocycles. The topological polar surface area (TPSA) is 89.0 Å². The van der Waals surface area contributed by atoms with Gasteiger partial charge in [-0.05, 0) is 41.9 Å². The molecule has 9 aromatic rings. The van der Waals surface area contributed by atoms with Gasteiger partial charge in [-0.3, -0.25) is 4.57 Å². The molecule has 0 aliphatic carbocycles. The number of aromatic nitrogens is 5. The SMILES string of the molecule is OB(O)c1ccc2c3cc4c(cc3n(-c3nc(-c5ccccc5)nc(-c5ccccc5)n3)c2c1)c1ccccc1n4-c1ccccc1. The minimum atomic E-state index is -1.63. The molecule has 0 saturated carbocycles. The molecule has 9 rings (SSSR count). The van der Waals surface area contributed by atoms with E-state index in [1.165, 1.54) is 0 Å². The Morgan fingerprint density at radius 1 is 0.426 bits per heavy atom. The molecule has 3 heterocycles. The quantitative estimate of drug-likeness (QED) is 0.204. The van der Waals surface area contributed by atoms with Crippen LogP contribution in [-0.2, 0) is 0 Å². The monoisotopic (exact) mass is 607 g/mol. The zero-order chi connectivity index (χ0) is 31.5. The zero-order valence-corrected chi connectivity index (χ0v) is 25.1. The molecule has 0 bridgehead atoms. The highest BCUT2D eigenvalue weighted by atomic mass is 16.4. The van der Waals surface area contributed by atoms with Gasteiger partial charge in [-0.1, -0.05) is 109 Å². The Morgan fingerprint density at radius 2 is 0.936 bits per heavy atom. The Balaban J connectivity index is 1.42. The number of para-hydroxylation sites is 2. The second-order valence-electron chi connectivity index (χ2n) is 11.6. The summed E-state index contributed by atoms with van der Waals surface area (Å²) in [5.41, 5.74) is 7.04. The van der Waals surface area contributed by atoms with Gasteiger partial charge in [0.15, 0.2) is 11.6 Å². The summed E-state index contributed by atoms with van der Waals surface area (Å²) in [5, 5.41) is 24.6. The van der Waals surface area contributed by atoms with Crippen LogP contribution in [-0.4, -0.2) is 41.3 Å². The van der Waals surface area contributed by atoms with Crippen LogP contribution >= 0.6 is 0 Å². The molecule has 222 valence electrons. The lowest BCUT2D eigenvalue weighted by Crippen LogP contribution is -2.29. The third-order valence-corrected chi connectivity index (χ3v) is 8.78. The zero-order valence-electron chi connectivity index (χ0n) is 25.1. The van der Waals surface area contributed by atoms with Gasteiger partial charge in [0, 0.05) is 38.4 Å². The summed E-state index contributed by atoms with van der Waals surface area (Å²) in [6, 6.07) is 48.5. The lowest BCUT2D eigenvalue weighted by atomic mass is 9.80. The van der Waals surface area contributed by atoms with Crippen LogP contribution in [0.1, 0.15) is 0 Å². The summed E-state index contributed by atoms with van der Waals surface area (Å²) in [6.07, 6.45) is 0.